The van der Waals surface area contributed by atoms with E-state index in [4.69, 9.17) is 10.5 Å². The summed E-state index contributed by atoms with van der Waals surface area (Å²) in [5, 5.41) is 10.4. The van der Waals surface area contributed by atoms with Crippen LogP contribution in [-0.4, -0.2) is 12.0 Å². The second kappa shape index (κ2) is 3.08. The molecule has 0 atom stereocenters. The smallest absolute Gasteiger partial charge is 0.295 e. The van der Waals surface area contributed by atoms with Crippen LogP contribution in [0.1, 0.15) is 0 Å². The van der Waals surface area contributed by atoms with Crippen molar-refractivity contribution < 1.29 is 9.66 Å². The van der Waals surface area contributed by atoms with Gasteiger partial charge in [0, 0.05) is 0 Å². The number of methoxy groups -OCH3 is 1. The minimum absolute atomic E-state index is 0.130. The van der Waals surface area contributed by atoms with Gasteiger partial charge in [-0.2, -0.15) is 0 Å². The first-order chi connectivity index (χ1) is 5.65. The number of nitro groups is 1. The maximum Gasteiger partial charge on any atom is 0.295 e. The summed E-state index contributed by atoms with van der Waals surface area (Å²) in [6.07, 6.45) is 0. The molecule has 0 aliphatic carbocycles. The number of nitrogens with two attached hydrogens (primary N) is 1. The fraction of sp³-hybridized carbons (Fsp3) is 0.143. The van der Waals surface area contributed by atoms with Crippen LogP contribution in [0.25, 0.3) is 0 Å². The molecule has 0 aromatic heterocycles. The highest BCUT2D eigenvalue weighted by molar-refractivity contribution is 5.60. The van der Waals surface area contributed by atoms with Crippen LogP contribution in [0.4, 0.5) is 11.4 Å². The van der Waals surface area contributed by atoms with Gasteiger partial charge in [-0.15, -0.1) is 0 Å². The van der Waals surface area contributed by atoms with Crippen molar-refractivity contribution in [1.82, 2.24) is 0 Å². The molecule has 1 aromatic carbocycles. The van der Waals surface area contributed by atoms with Crippen molar-refractivity contribution in [2.75, 3.05) is 12.8 Å². The lowest BCUT2D eigenvalue weighted by Gasteiger charge is -2.00. The number of hydrogen-bond donors (Lipinski definition) is 1. The van der Waals surface area contributed by atoms with Crippen molar-refractivity contribution in [2.45, 2.75) is 0 Å². The van der Waals surface area contributed by atoms with Crippen molar-refractivity contribution >= 4 is 11.4 Å². The number of nitrogen functional groups attached to an aromatic ring is 1. The van der Waals surface area contributed by atoms with Crippen molar-refractivity contribution in [1.29, 1.82) is 0 Å². The standard InChI is InChI=1S/C7H8N2O3/c1-12-5-2-3-6(8)7(4-5)9(10)11/h2-4H,8H2,1H3/i9+1. The van der Waals surface area contributed by atoms with E-state index in [1.54, 1.807) is 6.07 Å². The van der Waals surface area contributed by atoms with E-state index in [1.165, 1.54) is 19.2 Å². The summed E-state index contributed by atoms with van der Waals surface area (Å²) < 4.78 is 4.80. The molecule has 0 aliphatic rings. The predicted molar refractivity (Wildman–Crippen MR) is 44.1 cm³/mol. The van der Waals surface area contributed by atoms with Crippen LogP contribution in [0, 0.1) is 10.1 Å². The van der Waals surface area contributed by atoms with Gasteiger partial charge >= 0.3 is 0 Å². The molecule has 0 heterocycles. The molecule has 64 valence electrons. The number of nitro benzene ring substituents is 1. The van der Waals surface area contributed by atoms with Crippen molar-refractivity contribution in [3.63, 3.8) is 0 Å². The molecule has 12 heavy (non-hydrogen) atoms. The summed E-state index contributed by atoms with van der Waals surface area (Å²) in [6.45, 7) is 0. The normalized spacial score (nSPS) is 9.42. The number of ether oxygens (including phenoxy) is 1. The van der Waals surface area contributed by atoms with Crippen LogP contribution in [0.2, 0.25) is 0 Å². The van der Waals surface area contributed by atoms with E-state index in [1.807, 2.05) is 0 Å². The minimum atomic E-state index is -0.544. The monoisotopic (exact) mass is 169 g/mol. The lowest BCUT2D eigenvalue weighted by molar-refractivity contribution is -0.384. The lowest BCUT2D eigenvalue weighted by Crippen LogP contribution is -1.95. The molecule has 1 rings (SSSR count). The summed E-state index contributed by atoms with van der Waals surface area (Å²) in [6, 6.07) is 4.30. The maximum atomic E-state index is 10.4. The highest BCUT2D eigenvalue weighted by Crippen LogP contribution is 2.25. The molecule has 5 nitrogen and oxygen atoms in total. The van der Waals surface area contributed by atoms with Crippen LogP contribution in [0.15, 0.2) is 18.2 Å². The van der Waals surface area contributed by atoms with Gasteiger partial charge in [-0.05, 0) is 12.1 Å². The maximum absolute atomic E-state index is 10.4. The third-order valence-electron chi connectivity index (χ3n) is 1.43. The molecule has 0 bridgehead atoms. The average molecular weight is 169 g/mol. The number of anilines is 1. The van der Waals surface area contributed by atoms with Gasteiger partial charge in [0.05, 0.1) is 18.1 Å². The Morgan fingerprint density at radius 3 is 2.75 bits per heavy atom. The molecular formula is C7H8N2O3. The summed E-state index contributed by atoms with van der Waals surface area (Å²) in [7, 11) is 1.44. The van der Waals surface area contributed by atoms with E-state index in [9.17, 15) is 10.1 Å². The van der Waals surface area contributed by atoms with Crippen molar-refractivity contribution in [3.05, 3.63) is 28.3 Å². The summed E-state index contributed by atoms with van der Waals surface area (Å²) >= 11 is 0. The Morgan fingerprint density at radius 1 is 1.58 bits per heavy atom. The SMILES string of the molecule is COc1ccc(N)c([15N+](=O)[O-])c1. The molecule has 0 aliphatic heterocycles. The first kappa shape index (κ1) is 8.32. The van der Waals surface area contributed by atoms with Gasteiger partial charge in [-0.1, -0.05) is 0 Å². The van der Waals surface area contributed by atoms with Gasteiger partial charge in [0.1, 0.15) is 11.4 Å². The van der Waals surface area contributed by atoms with Crippen LogP contribution in [-0.2, 0) is 0 Å². The zero-order valence-corrected chi connectivity index (χ0v) is 6.48. The van der Waals surface area contributed by atoms with Crippen molar-refractivity contribution in [2.24, 2.45) is 0 Å². The Kier molecular flexibility index (Phi) is 2.14. The predicted octanol–water partition coefficient (Wildman–Crippen LogP) is 1.19. The van der Waals surface area contributed by atoms with Gasteiger partial charge in [0.2, 0.25) is 0 Å². The second-order valence-corrected chi connectivity index (χ2v) is 2.18. The van der Waals surface area contributed by atoms with E-state index >= 15 is 0 Å². The Labute approximate surface area is 68.9 Å². The molecule has 2 N–H and O–H groups in total. The quantitative estimate of drug-likeness (QED) is 0.312. The number of nitrogens with zero attached hydrogens (tertiary/aromatic N) is 1. The minimum Gasteiger partial charge on any atom is -0.496 e. The van der Waals surface area contributed by atoms with Crippen LogP contribution >= 0.6 is 0 Å². The molecular weight excluding hydrogens is 161 g/mol. The zero-order valence-electron chi connectivity index (χ0n) is 6.48. The van der Waals surface area contributed by atoms with Crippen LogP contribution in [0.5, 0.6) is 5.75 Å². The molecule has 5 heteroatoms. The van der Waals surface area contributed by atoms with Gasteiger partial charge in [-0.3, -0.25) is 10.1 Å². The second-order valence-electron chi connectivity index (χ2n) is 2.18. The number of rotatable bonds is 2. The third-order valence-corrected chi connectivity index (χ3v) is 1.43. The van der Waals surface area contributed by atoms with Crippen molar-refractivity contribution in [3.8, 4) is 5.75 Å². The molecule has 0 amide bonds. The van der Waals surface area contributed by atoms with Crippen LogP contribution in [0.3, 0.4) is 0 Å². The fourth-order valence-corrected chi connectivity index (χ4v) is 0.809. The highest BCUT2D eigenvalue weighted by Gasteiger charge is 2.11. The largest absolute Gasteiger partial charge is 0.496 e. The first-order valence-corrected chi connectivity index (χ1v) is 3.23. The Morgan fingerprint density at radius 2 is 2.25 bits per heavy atom. The number of hydrogen-bond acceptors (Lipinski definition) is 4. The molecule has 0 radical (unpaired) electrons. The Bertz CT molecular complexity index is 312. The van der Waals surface area contributed by atoms with Gasteiger partial charge in [0.15, 0.2) is 0 Å². The Hall–Kier alpha value is -1.78. The average Bonchev–Trinajstić information content (AvgIpc) is 2.05. The summed E-state index contributed by atoms with van der Waals surface area (Å²) in [4.78, 5) is 9.82. The Balaban J connectivity index is 3.17. The highest BCUT2D eigenvalue weighted by atomic mass is 16.9. The van der Waals surface area contributed by atoms with E-state index < -0.39 is 4.92 Å². The summed E-state index contributed by atoms with van der Waals surface area (Å²) in [5.41, 5.74) is 5.36. The van der Waals surface area contributed by atoms with E-state index in [2.05, 4.69) is 0 Å². The molecule has 0 unspecified atom stereocenters. The first-order valence-electron chi connectivity index (χ1n) is 3.23. The molecule has 0 fully saturated rings. The van der Waals surface area contributed by atoms with Gasteiger partial charge in [-0.25, -0.2) is 0 Å². The number of benzene rings is 1. The molecule has 0 saturated heterocycles. The topological polar surface area (TPSA) is 78.4 Å². The molecule has 0 spiro atoms. The van der Waals surface area contributed by atoms with Gasteiger partial charge in [0.25, 0.3) is 5.69 Å². The molecule has 0 saturated carbocycles. The summed E-state index contributed by atoms with van der Waals surface area (Å²) in [5.74, 6) is 0.427. The molecule has 1 aromatic rings. The lowest BCUT2D eigenvalue weighted by atomic mass is 10.3. The fourth-order valence-electron chi connectivity index (χ4n) is 0.809. The van der Waals surface area contributed by atoms with E-state index in [0.29, 0.717) is 5.75 Å². The zero-order chi connectivity index (χ0) is 9.14. The van der Waals surface area contributed by atoms with Crippen LogP contribution < -0.4 is 10.5 Å². The third kappa shape index (κ3) is 1.45. The van der Waals surface area contributed by atoms with E-state index in [0.717, 1.165) is 0 Å². The van der Waals surface area contributed by atoms with E-state index in [-0.39, 0.29) is 11.4 Å². The van der Waals surface area contributed by atoms with Gasteiger partial charge < -0.3 is 10.5 Å².